The zero-order valence-corrected chi connectivity index (χ0v) is 11.6. The summed E-state index contributed by atoms with van der Waals surface area (Å²) in [4.78, 5) is 5.19. The Bertz CT molecular complexity index is 185. The van der Waals surface area contributed by atoms with Crippen molar-refractivity contribution in [1.29, 1.82) is 0 Å². The summed E-state index contributed by atoms with van der Waals surface area (Å²) in [5, 5.41) is 0. The van der Waals surface area contributed by atoms with Crippen LogP contribution in [-0.2, 0) is 13.9 Å². The van der Waals surface area contributed by atoms with E-state index in [1.54, 1.807) is 0 Å². The van der Waals surface area contributed by atoms with Gasteiger partial charge >= 0.3 is 9.28 Å². The average molecular weight is 232 g/mol. The molecule has 0 spiro atoms. The van der Waals surface area contributed by atoms with Crippen LogP contribution in [0.25, 0.3) is 0 Å². The number of hydrogen-bond donors (Lipinski definition) is 0. The van der Waals surface area contributed by atoms with Crippen molar-refractivity contribution in [1.82, 2.24) is 0 Å². The second-order valence-electron chi connectivity index (χ2n) is 5.12. The Morgan fingerprint density at radius 2 is 2.20 bits per heavy atom. The molecule has 1 fully saturated rings. The van der Waals surface area contributed by atoms with Gasteiger partial charge in [0.05, 0.1) is 12.2 Å². The minimum absolute atomic E-state index is 0.0251. The largest absolute Gasteiger partial charge is 0.390 e. The first-order valence-corrected chi connectivity index (χ1v) is 7.75. The van der Waals surface area contributed by atoms with E-state index in [4.69, 9.17) is 13.9 Å². The predicted octanol–water partition coefficient (Wildman–Crippen LogP) is 2.79. The molecule has 1 aliphatic rings. The monoisotopic (exact) mass is 232 g/mol. The first kappa shape index (κ1) is 13.2. The van der Waals surface area contributed by atoms with Crippen LogP contribution in [-0.4, -0.2) is 21.5 Å². The molecule has 1 heterocycles. The van der Waals surface area contributed by atoms with Crippen molar-refractivity contribution in [3.63, 3.8) is 0 Å². The van der Waals surface area contributed by atoms with Crippen LogP contribution in [0, 0.1) is 5.92 Å². The molecular formula is C11H24O3Si. The summed E-state index contributed by atoms with van der Waals surface area (Å²) in [6.07, 6.45) is 3.31. The predicted molar refractivity (Wildman–Crippen MR) is 62.8 cm³/mol. The fourth-order valence-electron chi connectivity index (χ4n) is 2.09. The van der Waals surface area contributed by atoms with E-state index in [9.17, 15) is 0 Å². The lowest BCUT2D eigenvalue weighted by Gasteiger charge is -2.37. The molecule has 2 atom stereocenters. The summed E-state index contributed by atoms with van der Waals surface area (Å²) >= 11 is 0. The van der Waals surface area contributed by atoms with Crippen LogP contribution in [0.1, 0.15) is 47.0 Å². The highest BCUT2D eigenvalue weighted by atomic mass is 28.3. The minimum atomic E-state index is -1.57. The first-order valence-electron chi connectivity index (χ1n) is 5.99. The molecule has 0 aromatic rings. The zero-order valence-electron chi connectivity index (χ0n) is 10.4. The van der Waals surface area contributed by atoms with Gasteiger partial charge in [0.1, 0.15) is 0 Å². The van der Waals surface area contributed by atoms with Gasteiger partial charge in [-0.2, -0.15) is 0 Å². The molecule has 15 heavy (non-hydrogen) atoms. The summed E-state index contributed by atoms with van der Waals surface area (Å²) in [5.41, 5.74) is -0.0251. The van der Waals surface area contributed by atoms with E-state index in [0.717, 1.165) is 25.3 Å². The Hall–Kier alpha value is 0.0969. The second-order valence-corrected chi connectivity index (χ2v) is 6.88. The van der Waals surface area contributed by atoms with Crippen LogP contribution < -0.4 is 0 Å². The Labute approximate surface area is 94.9 Å². The summed E-state index contributed by atoms with van der Waals surface area (Å²) in [6.45, 7) is 9.37. The van der Waals surface area contributed by atoms with E-state index >= 15 is 0 Å². The highest BCUT2D eigenvalue weighted by molar-refractivity contribution is 6.44. The van der Waals surface area contributed by atoms with E-state index < -0.39 is 9.28 Å². The third-order valence-electron chi connectivity index (χ3n) is 2.64. The molecule has 90 valence electrons. The standard InChI is InChI=1S/C11H24O3Si/c1-5-6-7-12-14-15-9-10(2)8-11(3,4)13-15/h10,15H,5-9H2,1-4H3. The van der Waals surface area contributed by atoms with E-state index in [1.807, 2.05) is 0 Å². The van der Waals surface area contributed by atoms with Crippen molar-refractivity contribution >= 4 is 9.28 Å². The zero-order chi connectivity index (χ0) is 11.3. The molecule has 0 N–H and O–H groups in total. The van der Waals surface area contributed by atoms with Gasteiger partial charge in [-0.05, 0) is 38.7 Å². The quantitative estimate of drug-likeness (QED) is 0.316. The van der Waals surface area contributed by atoms with Gasteiger partial charge in [0, 0.05) is 0 Å². The summed E-state index contributed by atoms with van der Waals surface area (Å²) in [5.74, 6) is 0.695. The van der Waals surface area contributed by atoms with Crippen molar-refractivity contribution in [3.8, 4) is 0 Å². The molecule has 4 heteroatoms. The topological polar surface area (TPSA) is 27.7 Å². The van der Waals surface area contributed by atoms with Gasteiger partial charge in [0.15, 0.2) is 0 Å². The molecule has 1 saturated heterocycles. The number of unbranched alkanes of at least 4 members (excludes halogenated alkanes) is 1. The Morgan fingerprint density at radius 3 is 2.80 bits per heavy atom. The molecule has 1 rings (SSSR count). The van der Waals surface area contributed by atoms with Crippen molar-refractivity contribution in [2.45, 2.75) is 58.6 Å². The van der Waals surface area contributed by atoms with E-state index in [0.29, 0.717) is 12.5 Å². The van der Waals surface area contributed by atoms with Gasteiger partial charge in [0.25, 0.3) is 0 Å². The Balaban J connectivity index is 2.23. The van der Waals surface area contributed by atoms with Gasteiger partial charge in [0.2, 0.25) is 0 Å². The molecule has 3 nitrogen and oxygen atoms in total. The lowest BCUT2D eigenvalue weighted by atomic mass is 9.96. The summed E-state index contributed by atoms with van der Waals surface area (Å²) in [7, 11) is -1.57. The number of rotatable bonds is 5. The fourth-order valence-corrected chi connectivity index (χ4v) is 4.18. The van der Waals surface area contributed by atoms with Crippen molar-refractivity contribution in [2.24, 2.45) is 5.92 Å². The van der Waals surface area contributed by atoms with Crippen LogP contribution in [0.3, 0.4) is 0 Å². The fraction of sp³-hybridized carbons (Fsp3) is 1.00. The van der Waals surface area contributed by atoms with Crippen LogP contribution in [0.4, 0.5) is 0 Å². The van der Waals surface area contributed by atoms with Gasteiger partial charge in [-0.15, -0.1) is 0 Å². The van der Waals surface area contributed by atoms with Crippen LogP contribution >= 0.6 is 0 Å². The van der Waals surface area contributed by atoms with Crippen LogP contribution in [0.15, 0.2) is 0 Å². The summed E-state index contributed by atoms with van der Waals surface area (Å²) < 4.78 is 11.3. The maximum absolute atomic E-state index is 5.92. The number of hydrogen-bond acceptors (Lipinski definition) is 3. The highest BCUT2D eigenvalue weighted by Crippen LogP contribution is 2.31. The molecule has 1 aliphatic heterocycles. The normalized spacial score (nSPS) is 30.4. The van der Waals surface area contributed by atoms with Crippen molar-refractivity contribution in [3.05, 3.63) is 0 Å². The Morgan fingerprint density at radius 1 is 1.47 bits per heavy atom. The van der Waals surface area contributed by atoms with Gasteiger partial charge in [-0.3, -0.25) is 4.58 Å². The molecule has 0 saturated carbocycles. The van der Waals surface area contributed by atoms with Crippen molar-refractivity contribution < 1.29 is 13.9 Å². The molecule has 0 bridgehead atoms. The van der Waals surface area contributed by atoms with Crippen molar-refractivity contribution in [2.75, 3.05) is 6.61 Å². The molecule has 0 aromatic heterocycles. The smallest absolute Gasteiger partial charge is 0.360 e. The SMILES string of the molecule is CCCCOO[SiH]1CC(C)CC(C)(C)O1. The molecule has 0 aliphatic carbocycles. The average Bonchev–Trinajstić information content (AvgIpc) is 2.09. The summed E-state index contributed by atoms with van der Waals surface area (Å²) in [6, 6.07) is 1.07. The third kappa shape index (κ3) is 5.11. The molecule has 0 amide bonds. The molecule has 0 aromatic carbocycles. The lowest BCUT2D eigenvalue weighted by molar-refractivity contribution is -0.234. The highest BCUT2D eigenvalue weighted by Gasteiger charge is 2.35. The maximum Gasteiger partial charge on any atom is 0.360 e. The van der Waals surface area contributed by atoms with Gasteiger partial charge < -0.3 is 4.43 Å². The van der Waals surface area contributed by atoms with E-state index in [2.05, 4.69) is 27.7 Å². The first-order chi connectivity index (χ1) is 7.03. The molecular weight excluding hydrogens is 208 g/mol. The van der Waals surface area contributed by atoms with E-state index in [1.165, 1.54) is 0 Å². The van der Waals surface area contributed by atoms with Gasteiger partial charge in [-0.1, -0.05) is 20.3 Å². The maximum atomic E-state index is 5.92. The second kappa shape index (κ2) is 5.99. The third-order valence-corrected chi connectivity index (χ3v) is 5.08. The molecule has 0 radical (unpaired) electrons. The van der Waals surface area contributed by atoms with Gasteiger partial charge in [-0.25, -0.2) is 4.89 Å². The Kier molecular flexibility index (Phi) is 5.25. The van der Waals surface area contributed by atoms with E-state index in [-0.39, 0.29) is 5.60 Å². The van der Waals surface area contributed by atoms with Crippen LogP contribution in [0.5, 0.6) is 0 Å². The van der Waals surface area contributed by atoms with Crippen LogP contribution in [0.2, 0.25) is 6.04 Å². The lowest BCUT2D eigenvalue weighted by Crippen LogP contribution is -2.42. The molecule has 2 unspecified atom stereocenters. The minimum Gasteiger partial charge on any atom is -0.390 e.